The van der Waals surface area contributed by atoms with Crippen LogP contribution in [-0.2, 0) is 16.1 Å². The van der Waals surface area contributed by atoms with Crippen molar-refractivity contribution in [3.8, 4) is 17.1 Å². The molecular formula is C31H33N9O3. The molecule has 220 valence electrons. The van der Waals surface area contributed by atoms with Crippen LogP contribution in [-0.4, -0.2) is 76.1 Å². The van der Waals surface area contributed by atoms with Gasteiger partial charge in [0.25, 0.3) is 0 Å². The molecule has 1 aliphatic heterocycles. The van der Waals surface area contributed by atoms with Gasteiger partial charge < -0.3 is 24.6 Å². The van der Waals surface area contributed by atoms with Crippen LogP contribution >= 0.6 is 0 Å². The normalized spacial score (nSPS) is 21.9. The molecule has 2 aliphatic rings. The molecule has 4 aromatic heterocycles. The van der Waals surface area contributed by atoms with E-state index in [0.717, 1.165) is 22.6 Å². The highest BCUT2D eigenvalue weighted by molar-refractivity contribution is 6.01. The summed E-state index contributed by atoms with van der Waals surface area (Å²) in [5.41, 5.74) is 2.83. The number of anilines is 3. The first-order chi connectivity index (χ1) is 22.4. The zero-order chi connectivity index (χ0) is 33.1. The number of aromatic nitrogens is 6. The van der Waals surface area contributed by atoms with Gasteiger partial charge >= 0.3 is 0 Å². The van der Waals surface area contributed by atoms with Crippen LogP contribution < -0.4 is 19.9 Å². The Hall–Kier alpha value is -4.84. The first-order valence-corrected chi connectivity index (χ1v) is 14.0. The van der Waals surface area contributed by atoms with Crippen LogP contribution in [0.4, 0.5) is 17.3 Å². The summed E-state index contributed by atoms with van der Waals surface area (Å²) >= 11 is 0. The maximum absolute atomic E-state index is 12.8. The van der Waals surface area contributed by atoms with Crippen LogP contribution in [0.1, 0.15) is 24.4 Å². The van der Waals surface area contributed by atoms with E-state index in [1.165, 1.54) is 4.52 Å². The number of methoxy groups -OCH3 is 1. The molecule has 0 spiro atoms. The molecular weight excluding hydrogens is 546 g/mol. The molecule has 0 radical (unpaired) electrons. The molecule has 12 heteroatoms. The molecule has 7 rings (SSSR count). The van der Waals surface area contributed by atoms with Crippen molar-refractivity contribution < 1.29 is 19.8 Å². The lowest BCUT2D eigenvalue weighted by molar-refractivity contribution is -0.117. The van der Waals surface area contributed by atoms with Crippen LogP contribution in [0.3, 0.4) is 0 Å². The van der Waals surface area contributed by atoms with Gasteiger partial charge in [0.1, 0.15) is 11.3 Å². The Bertz CT molecular complexity index is 1970. The third-order valence-corrected chi connectivity index (χ3v) is 7.71. The molecule has 1 aliphatic carbocycles. The first kappa shape index (κ1) is 22.7. The van der Waals surface area contributed by atoms with E-state index in [4.69, 9.17) is 24.9 Å². The molecule has 2 fully saturated rings. The number of benzene rings is 1. The zero-order valence-electron chi connectivity index (χ0n) is 28.0. The second-order valence-electron chi connectivity index (χ2n) is 10.8. The Kier molecular flexibility index (Phi) is 5.86. The number of pyridine rings is 2. The van der Waals surface area contributed by atoms with Crippen molar-refractivity contribution in [3.63, 3.8) is 0 Å². The third kappa shape index (κ3) is 5.41. The molecule has 1 saturated carbocycles. The van der Waals surface area contributed by atoms with Crippen LogP contribution in [0, 0.1) is 11.8 Å². The largest absolute Gasteiger partial charge is 0.497 e. The van der Waals surface area contributed by atoms with Gasteiger partial charge in [0.05, 0.1) is 37.7 Å². The SMILES string of the molecule is [2H]C1([2H])COCC([2H])([2H])N1c1ccc2nc(-c3cnc(N(C)Cc4ccc(OC)cc4)c4nnc(NC(=O)[C@H]5C[C@H]5C)cc34)nn2c1. The first-order valence-electron chi connectivity index (χ1n) is 16.0. The number of ether oxygens (including phenoxy) is 2. The predicted molar refractivity (Wildman–Crippen MR) is 163 cm³/mol. The molecule has 0 bridgehead atoms. The minimum absolute atomic E-state index is 0.0475. The summed E-state index contributed by atoms with van der Waals surface area (Å²) in [5, 5.41) is 17.1. The van der Waals surface area contributed by atoms with Crippen molar-refractivity contribution in [2.24, 2.45) is 11.8 Å². The fraction of sp³-hybridized carbons (Fsp3) is 0.355. The summed E-state index contributed by atoms with van der Waals surface area (Å²) in [5.74, 6) is 2.15. The fourth-order valence-corrected chi connectivity index (χ4v) is 5.15. The second kappa shape index (κ2) is 11.1. The van der Waals surface area contributed by atoms with Gasteiger partial charge in [-0.3, -0.25) is 4.79 Å². The molecule has 5 heterocycles. The van der Waals surface area contributed by atoms with Crippen molar-refractivity contribution in [3.05, 3.63) is 60.4 Å². The van der Waals surface area contributed by atoms with Crippen LogP contribution in [0.2, 0.25) is 0 Å². The zero-order valence-corrected chi connectivity index (χ0v) is 24.0. The van der Waals surface area contributed by atoms with Crippen molar-refractivity contribution in [2.45, 2.75) is 19.9 Å². The second-order valence-corrected chi connectivity index (χ2v) is 10.8. The topological polar surface area (TPSA) is 123 Å². The monoisotopic (exact) mass is 583 g/mol. The van der Waals surface area contributed by atoms with Crippen LogP contribution in [0.25, 0.3) is 27.9 Å². The molecule has 5 aromatic rings. The minimum atomic E-state index is -2.08. The smallest absolute Gasteiger partial charge is 0.228 e. The summed E-state index contributed by atoms with van der Waals surface area (Å²) in [6.45, 7) is -2.14. The van der Waals surface area contributed by atoms with Crippen molar-refractivity contribution in [1.29, 1.82) is 0 Å². The number of nitrogens with zero attached hydrogens (tertiary/aromatic N) is 8. The molecule has 1 saturated heterocycles. The van der Waals surface area contributed by atoms with E-state index in [0.29, 0.717) is 52.0 Å². The molecule has 0 unspecified atom stereocenters. The quantitative estimate of drug-likeness (QED) is 0.288. The number of carbonyl (C=O) groups is 1. The van der Waals surface area contributed by atoms with Gasteiger partial charge in [0.15, 0.2) is 23.1 Å². The minimum Gasteiger partial charge on any atom is -0.497 e. The number of morpholine rings is 1. The average molecular weight is 584 g/mol. The summed E-state index contributed by atoms with van der Waals surface area (Å²) in [4.78, 5) is 25.3. The van der Waals surface area contributed by atoms with Gasteiger partial charge in [0.2, 0.25) is 5.91 Å². The van der Waals surface area contributed by atoms with Crippen LogP contribution in [0.5, 0.6) is 5.75 Å². The maximum atomic E-state index is 12.8. The lowest BCUT2D eigenvalue weighted by atomic mass is 10.1. The van der Waals surface area contributed by atoms with Gasteiger partial charge in [-0.25, -0.2) is 14.5 Å². The van der Waals surface area contributed by atoms with Crippen LogP contribution in [0.15, 0.2) is 54.9 Å². The number of nitrogens with one attached hydrogen (secondary N) is 1. The maximum Gasteiger partial charge on any atom is 0.228 e. The molecule has 12 nitrogen and oxygen atoms in total. The number of amides is 1. The number of rotatable bonds is 8. The molecule has 1 N–H and O–H groups in total. The molecule has 2 atom stereocenters. The molecule has 1 amide bonds. The Morgan fingerprint density at radius 3 is 2.72 bits per heavy atom. The van der Waals surface area contributed by atoms with E-state index < -0.39 is 13.0 Å². The highest BCUT2D eigenvalue weighted by Gasteiger charge is 2.39. The highest BCUT2D eigenvalue weighted by atomic mass is 16.5. The van der Waals surface area contributed by atoms with Gasteiger partial charge in [0, 0.05) is 49.7 Å². The number of hydrogen-bond donors (Lipinski definition) is 1. The average Bonchev–Trinajstić information content (AvgIpc) is 3.62. The predicted octanol–water partition coefficient (Wildman–Crippen LogP) is 3.81. The number of hydrogen-bond acceptors (Lipinski definition) is 10. The molecule has 43 heavy (non-hydrogen) atoms. The number of fused-ring (bicyclic) bond motifs is 2. The summed E-state index contributed by atoms with van der Waals surface area (Å²) in [6, 6.07) is 12.8. The van der Waals surface area contributed by atoms with Gasteiger partial charge in [-0.1, -0.05) is 19.1 Å². The Balaban J connectivity index is 1.28. The van der Waals surface area contributed by atoms with E-state index in [1.807, 2.05) is 43.1 Å². The summed E-state index contributed by atoms with van der Waals surface area (Å²) in [6.07, 6.45) is 4.04. The van der Waals surface area contributed by atoms with Gasteiger partial charge in [-0.15, -0.1) is 15.3 Å². The van der Waals surface area contributed by atoms with Crippen molar-refractivity contribution >= 4 is 39.8 Å². The van der Waals surface area contributed by atoms with E-state index in [2.05, 4.69) is 20.6 Å². The Morgan fingerprint density at radius 2 is 1.98 bits per heavy atom. The third-order valence-electron chi connectivity index (χ3n) is 7.71. The standard InChI is InChI=1S/C31H33N9O3/c1-19-14-23(19)31(41)33-26-15-24-25(29-34-27-9-6-21(18-40(27)37-29)39-10-12-43-13-11-39)16-32-30(28(24)36-35-26)38(2)17-20-4-7-22(42-3)8-5-20/h4-9,15-16,18-19,23H,10-14,17H2,1-3H3,(H,33,35,41)/t19-,23+/m1/s1/i10D2,11D2. The van der Waals surface area contributed by atoms with Gasteiger partial charge in [-0.05, 0) is 48.2 Å². The van der Waals surface area contributed by atoms with E-state index in [9.17, 15) is 4.79 Å². The van der Waals surface area contributed by atoms with E-state index in [1.54, 1.807) is 37.7 Å². The molecule has 1 aromatic carbocycles. The fourth-order valence-electron chi connectivity index (χ4n) is 5.15. The lowest BCUT2D eigenvalue weighted by Crippen LogP contribution is -2.36. The van der Waals surface area contributed by atoms with Crippen molar-refractivity contribution in [2.75, 3.05) is 55.5 Å². The van der Waals surface area contributed by atoms with Crippen molar-refractivity contribution in [1.82, 2.24) is 29.8 Å². The Labute approximate surface area is 254 Å². The van der Waals surface area contributed by atoms with E-state index in [-0.39, 0.29) is 30.7 Å². The lowest BCUT2D eigenvalue weighted by Gasteiger charge is -2.28. The summed E-state index contributed by atoms with van der Waals surface area (Å²) in [7, 11) is 3.53. The van der Waals surface area contributed by atoms with E-state index >= 15 is 0 Å². The van der Waals surface area contributed by atoms with Gasteiger partial charge in [-0.2, -0.15) is 0 Å². The number of carbonyl (C=O) groups excluding carboxylic acids is 1. The highest BCUT2D eigenvalue weighted by Crippen LogP contribution is 2.39. The Morgan fingerprint density at radius 1 is 1.19 bits per heavy atom. The summed E-state index contributed by atoms with van der Waals surface area (Å²) < 4.78 is 45.5.